The van der Waals surface area contributed by atoms with Crippen molar-refractivity contribution in [3.63, 3.8) is 0 Å². The monoisotopic (exact) mass is 388 g/mol. The van der Waals surface area contributed by atoms with Gasteiger partial charge < -0.3 is 9.80 Å². The molecule has 8 heteroatoms. The van der Waals surface area contributed by atoms with E-state index in [1.165, 1.54) is 0 Å². The van der Waals surface area contributed by atoms with Crippen molar-refractivity contribution in [1.29, 1.82) is 0 Å². The van der Waals surface area contributed by atoms with E-state index in [9.17, 15) is 4.79 Å². The fourth-order valence-electron chi connectivity index (χ4n) is 2.95. The van der Waals surface area contributed by atoms with Crippen LogP contribution in [0.2, 0.25) is 5.15 Å². The van der Waals surface area contributed by atoms with Gasteiger partial charge in [0.05, 0.1) is 5.69 Å². The van der Waals surface area contributed by atoms with Crippen molar-refractivity contribution in [2.45, 2.75) is 39.7 Å². The van der Waals surface area contributed by atoms with Gasteiger partial charge >= 0.3 is 6.03 Å². The van der Waals surface area contributed by atoms with Crippen LogP contribution in [0.25, 0.3) is 11.3 Å². The highest BCUT2D eigenvalue weighted by molar-refractivity contribution is 6.31. The first kappa shape index (κ1) is 19.4. The van der Waals surface area contributed by atoms with E-state index >= 15 is 0 Å². The number of hydrogen-bond acceptors (Lipinski definition) is 4. The molecule has 0 aromatic carbocycles. The van der Waals surface area contributed by atoms with Gasteiger partial charge in [0.1, 0.15) is 11.4 Å². The van der Waals surface area contributed by atoms with Gasteiger partial charge in [-0.15, -0.1) is 5.10 Å². The van der Waals surface area contributed by atoms with Crippen LogP contribution in [0.5, 0.6) is 0 Å². The summed E-state index contributed by atoms with van der Waals surface area (Å²) in [5.41, 5.74) is 3.34. The predicted octanol–water partition coefficient (Wildman–Crippen LogP) is 3.56. The van der Waals surface area contributed by atoms with Gasteiger partial charge in [0.2, 0.25) is 0 Å². The van der Waals surface area contributed by atoms with E-state index in [4.69, 9.17) is 11.6 Å². The fourth-order valence-corrected chi connectivity index (χ4v) is 3.15. The van der Waals surface area contributed by atoms with Crippen LogP contribution in [0.15, 0.2) is 24.4 Å². The van der Waals surface area contributed by atoms with Gasteiger partial charge in [0, 0.05) is 31.9 Å². The highest BCUT2D eigenvalue weighted by Gasteiger charge is 2.28. The molecule has 27 heavy (non-hydrogen) atoms. The third kappa shape index (κ3) is 3.83. The molecule has 1 aliphatic heterocycles. The number of pyridine rings is 1. The second-order valence-electron chi connectivity index (χ2n) is 7.69. The van der Waals surface area contributed by atoms with Crippen molar-refractivity contribution in [2.75, 3.05) is 20.1 Å². The molecule has 7 nitrogen and oxygen atoms in total. The number of halogens is 1. The first-order chi connectivity index (χ1) is 12.7. The Morgan fingerprint density at radius 1 is 1.33 bits per heavy atom. The van der Waals surface area contributed by atoms with Gasteiger partial charge in [0.15, 0.2) is 5.15 Å². The molecule has 3 heterocycles. The zero-order valence-electron chi connectivity index (χ0n) is 16.4. The largest absolute Gasteiger partial charge is 0.323 e. The van der Waals surface area contributed by atoms with Crippen LogP contribution in [-0.4, -0.2) is 61.5 Å². The molecule has 0 N–H and O–H groups in total. The highest BCUT2D eigenvalue weighted by Crippen LogP contribution is 2.27. The highest BCUT2D eigenvalue weighted by atomic mass is 35.5. The summed E-state index contributed by atoms with van der Waals surface area (Å²) < 4.78 is 1.70. The molecule has 1 aliphatic rings. The van der Waals surface area contributed by atoms with Crippen molar-refractivity contribution in [1.82, 2.24) is 29.8 Å². The molecular weight excluding hydrogens is 364 g/mol. The number of urea groups is 1. The van der Waals surface area contributed by atoms with Crippen molar-refractivity contribution in [2.24, 2.45) is 0 Å². The zero-order valence-corrected chi connectivity index (χ0v) is 17.2. The predicted molar refractivity (Wildman–Crippen MR) is 106 cm³/mol. The van der Waals surface area contributed by atoms with Gasteiger partial charge in [-0.2, -0.15) is 0 Å². The van der Waals surface area contributed by atoms with Crippen LogP contribution in [-0.2, 0) is 0 Å². The van der Waals surface area contributed by atoms with Crippen molar-refractivity contribution < 1.29 is 4.79 Å². The smallest absolute Gasteiger partial charge is 0.320 e. The Morgan fingerprint density at radius 3 is 2.67 bits per heavy atom. The summed E-state index contributed by atoms with van der Waals surface area (Å²) in [5, 5.41) is 8.98. The number of aromatic nitrogens is 4. The van der Waals surface area contributed by atoms with E-state index in [1.807, 2.05) is 51.8 Å². The van der Waals surface area contributed by atoms with Crippen LogP contribution >= 0.6 is 11.6 Å². The Hall–Kier alpha value is -2.41. The molecule has 0 spiro atoms. The van der Waals surface area contributed by atoms with E-state index in [0.717, 1.165) is 23.4 Å². The SMILES string of the molecule is Cc1c(C2=CCN(C(=O)N(C)C(C)(C)C)CC2)nnn1-c1cccnc1Cl. The summed E-state index contributed by atoms with van der Waals surface area (Å²) in [6.07, 6.45) is 4.44. The molecule has 2 amide bonds. The van der Waals surface area contributed by atoms with E-state index in [2.05, 4.69) is 21.4 Å². The van der Waals surface area contributed by atoms with Crippen LogP contribution < -0.4 is 0 Å². The third-order valence-electron chi connectivity index (χ3n) is 4.94. The standard InChI is InChI=1S/C19H25ClN6O/c1-13-16(22-23-26(13)15-7-6-10-21-17(15)20)14-8-11-25(12-9-14)18(27)24(5)19(2,3)4/h6-8,10H,9,11-12H2,1-5H3. The number of hydrogen-bond donors (Lipinski definition) is 0. The number of nitrogens with zero attached hydrogens (tertiary/aromatic N) is 6. The molecule has 0 atom stereocenters. The Morgan fingerprint density at radius 2 is 2.07 bits per heavy atom. The normalized spacial score (nSPS) is 14.9. The molecule has 0 bridgehead atoms. The number of carbonyl (C=O) groups is 1. The second-order valence-corrected chi connectivity index (χ2v) is 8.04. The first-order valence-corrected chi connectivity index (χ1v) is 9.33. The molecule has 0 radical (unpaired) electrons. The fraction of sp³-hybridized carbons (Fsp3) is 0.474. The van der Waals surface area contributed by atoms with Crippen LogP contribution in [0, 0.1) is 6.92 Å². The minimum atomic E-state index is -0.205. The molecule has 0 saturated heterocycles. The maximum Gasteiger partial charge on any atom is 0.320 e. The Kier molecular flexibility index (Phi) is 5.24. The minimum Gasteiger partial charge on any atom is -0.323 e. The molecule has 2 aromatic rings. The molecule has 0 fully saturated rings. The summed E-state index contributed by atoms with van der Waals surface area (Å²) in [7, 11) is 1.84. The van der Waals surface area contributed by atoms with Crippen LogP contribution in [0.1, 0.15) is 38.6 Å². The molecule has 0 aliphatic carbocycles. The maximum atomic E-state index is 12.7. The summed E-state index contributed by atoms with van der Waals surface area (Å²) in [6, 6.07) is 3.72. The van der Waals surface area contributed by atoms with Gasteiger partial charge in [-0.1, -0.05) is 22.9 Å². The molecule has 2 aromatic heterocycles. The molecule has 0 unspecified atom stereocenters. The first-order valence-electron chi connectivity index (χ1n) is 8.95. The number of carbonyl (C=O) groups excluding carboxylic acids is 1. The van der Waals surface area contributed by atoms with Gasteiger partial charge in [-0.25, -0.2) is 14.5 Å². The molecule has 0 saturated carbocycles. The van der Waals surface area contributed by atoms with Crippen molar-refractivity contribution in [3.8, 4) is 5.69 Å². The lowest BCUT2D eigenvalue weighted by atomic mass is 10.0. The van der Waals surface area contributed by atoms with E-state index in [0.29, 0.717) is 23.9 Å². The second kappa shape index (κ2) is 7.31. The average molecular weight is 389 g/mol. The maximum absolute atomic E-state index is 12.7. The zero-order chi connectivity index (χ0) is 19.8. The summed E-state index contributed by atoms with van der Waals surface area (Å²) in [6.45, 7) is 9.27. The van der Waals surface area contributed by atoms with Gasteiger partial charge in [-0.05, 0) is 51.8 Å². The van der Waals surface area contributed by atoms with Crippen LogP contribution in [0.3, 0.4) is 0 Å². The lowest BCUT2D eigenvalue weighted by Crippen LogP contribution is -2.50. The van der Waals surface area contributed by atoms with Crippen molar-refractivity contribution >= 4 is 23.2 Å². The van der Waals surface area contributed by atoms with Crippen LogP contribution in [0.4, 0.5) is 4.79 Å². The molecule has 3 rings (SSSR count). The Labute approximate surface area is 164 Å². The molecule has 144 valence electrons. The molecular formula is C19H25ClN6O. The Bertz CT molecular complexity index is 883. The third-order valence-corrected chi connectivity index (χ3v) is 5.23. The van der Waals surface area contributed by atoms with Gasteiger partial charge in [0.25, 0.3) is 0 Å². The van der Waals surface area contributed by atoms with E-state index < -0.39 is 0 Å². The lowest BCUT2D eigenvalue weighted by molar-refractivity contribution is 0.130. The topological polar surface area (TPSA) is 67.2 Å². The van der Waals surface area contributed by atoms with E-state index in [-0.39, 0.29) is 11.6 Å². The quantitative estimate of drug-likeness (QED) is 0.737. The van der Waals surface area contributed by atoms with Crippen molar-refractivity contribution in [3.05, 3.63) is 40.9 Å². The number of rotatable bonds is 2. The summed E-state index contributed by atoms with van der Waals surface area (Å²) >= 11 is 6.18. The summed E-state index contributed by atoms with van der Waals surface area (Å²) in [4.78, 5) is 20.4. The minimum absolute atomic E-state index is 0.0420. The average Bonchev–Trinajstić information content (AvgIpc) is 3.01. The number of amides is 2. The summed E-state index contributed by atoms with van der Waals surface area (Å²) in [5.74, 6) is 0. The lowest BCUT2D eigenvalue weighted by Gasteiger charge is -2.37. The van der Waals surface area contributed by atoms with E-state index in [1.54, 1.807) is 15.8 Å². The Balaban J connectivity index is 1.79. The van der Waals surface area contributed by atoms with Gasteiger partial charge in [-0.3, -0.25) is 0 Å².